The van der Waals surface area contributed by atoms with Crippen LogP contribution in [0.15, 0.2) is 23.8 Å². The third kappa shape index (κ3) is 2.95. The fourth-order valence-corrected chi connectivity index (χ4v) is 3.40. The molecule has 0 radical (unpaired) electrons. The van der Waals surface area contributed by atoms with E-state index in [0.717, 1.165) is 24.8 Å². The van der Waals surface area contributed by atoms with Gasteiger partial charge in [-0.2, -0.15) is 0 Å². The van der Waals surface area contributed by atoms with Crippen molar-refractivity contribution in [3.05, 3.63) is 23.8 Å². The molecule has 2 saturated heterocycles. The molecule has 2 fully saturated rings. The summed E-state index contributed by atoms with van der Waals surface area (Å²) < 4.78 is 16.4. The molecule has 0 aromatic heterocycles. The van der Waals surface area contributed by atoms with Crippen molar-refractivity contribution in [1.82, 2.24) is 0 Å². The number of fused-ring (bicyclic) bond motifs is 2. The fraction of sp³-hybridized carbons (Fsp3) is 0.647. The molecule has 5 nitrogen and oxygen atoms in total. The van der Waals surface area contributed by atoms with Crippen LogP contribution in [0.4, 0.5) is 0 Å². The largest absolute Gasteiger partial charge is 0.461 e. The molecule has 0 amide bonds. The van der Waals surface area contributed by atoms with E-state index in [-0.39, 0.29) is 42.3 Å². The van der Waals surface area contributed by atoms with Crippen LogP contribution in [0, 0.1) is 5.92 Å². The molecule has 0 spiro atoms. The smallest absolute Gasteiger partial charge is 0.334 e. The van der Waals surface area contributed by atoms with Gasteiger partial charge in [0, 0.05) is 24.8 Å². The Labute approximate surface area is 130 Å². The Morgan fingerprint density at radius 2 is 2.32 bits per heavy atom. The minimum absolute atomic E-state index is 0.0156. The lowest BCUT2D eigenvalue weighted by molar-refractivity contribution is -0.141. The first-order chi connectivity index (χ1) is 10.4. The van der Waals surface area contributed by atoms with Gasteiger partial charge >= 0.3 is 11.9 Å². The number of rotatable bonds is 2. The molecule has 22 heavy (non-hydrogen) atoms. The number of hydrogen-bond acceptors (Lipinski definition) is 5. The van der Waals surface area contributed by atoms with Gasteiger partial charge in [0.05, 0.1) is 11.7 Å². The molecule has 2 aliphatic heterocycles. The molecule has 5 heteroatoms. The standard InChI is InChI=1S/C17H22O5/c1-10-13-8-15-17(3,22-15)6-4-5-12(9-20-11(2)18)7-14(13)21-16(10)19/h5,13-15H,1,4,6-9H2,2-3H3. The number of esters is 2. The second kappa shape index (κ2) is 5.54. The minimum atomic E-state index is -0.316. The molecule has 0 saturated carbocycles. The van der Waals surface area contributed by atoms with Gasteiger partial charge < -0.3 is 14.2 Å². The normalized spacial score (nSPS) is 37.5. The monoisotopic (exact) mass is 306 g/mol. The topological polar surface area (TPSA) is 65.1 Å². The summed E-state index contributed by atoms with van der Waals surface area (Å²) in [4.78, 5) is 22.9. The van der Waals surface area contributed by atoms with Gasteiger partial charge in [-0.25, -0.2) is 4.79 Å². The summed E-state index contributed by atoms with van der Waals surface area (Å²) in [6, 6.07) is 0. The Morgan fingerprint density at radius 3 is 3.05 bits per heavy atom. The van der Waals surface area contributed by atoms with Crippen molar-refractivity contribution in [3.8, 4) is 0 Å². The lowest BCUT2D eigenvalue weighted by atomic mass is 9.84. The van der Waals surface area contributed by atoms with Gasteiger partial charge in [0.15, 0.2) is 0 Å². The number of allylic oxidation sites excluding steroid dienone is 1. The number of hydrogen-bond donors (Lipinski definition) is 0. The molecular weight excluding hydrogens is 284 g/mol. The zero-order chi connectivity index (χ0) is 15.9. The number of carbonyl (C=O) groups excluding carboxylic acids is 2. The zero-order valence-electron chi connectivity index (χ0n) is 13.1. The molecule has 4 atom stereocenters. The van der Waals surface area contributed by atoms with Crippen molar-refractivity contribution < 1.29 is 23.8 Å². The maximum atomic E-state index is 11.8. The highest BCUT2D eigenvalue weighted by Crippen LogP contribution is 2.48. The molecular formula is C17H22O5. The summed E-state index contributed by atoms with van der Waals surface area (Å²) in [6.07, 6.45) is 5.20. The van der Waals surface area contributed by atoms with Crippen LogP contribution in [0.5, 0.6) is 0 Å². The molecule has 1 aliphatic carbocycles. The maximum absolute atomic E-state index is 11.8. The summed E-state index contributed by atoms with van der Waals surface area (Å²) in [5.74, 6) is -0.637. The van der Waals surface area contributed by atoms with Crippen molar-refractivity contribution in [2.24, 2.45) is 5.92 Å². The van der Waals surface area contributed by atoms with Gasteiger partial charge in [-0.05, 0) is 31.8 Å². The van der Waals surface area contributed by atoms with E-state index >= 15 is 0 Å². The Bertz CT molecular complexity index is 549. The predicted octanol–water partition coefficient (Wildman–Crippen LogP) is 2.31. The van der Waals surface area contributed by atoms with E-state index in [2.05, 4.69) is 19.6 Å². The van der Waals surface area contributed by atoms with Crippen molar-refractivity contribution in [1.29, 1.82) is 0 Å². The van der Waals surface area contributed by atoms with Crippen molar-refractivity contribution in [2.75, 3.05) is 6.61 Å². The van der Waals surface area contributed by atoms with Crippen LogP contribution < -0.4 is 0 Å². The Balaban J connectivity index is 1.79. The van der Waals surface area contributed by atoms with E-state index in [4.69, 9.17) is 14.2 Å². The molecule has 0 aromatic rings. The average molecular weight is 306 g/mol. The molecule has 120 valence electrons. The van der Waals surface area contributed by atoms with Crippen LogP contribution in [0.2, 0.25) is 0 Å². The second-order valence-electron chi connectivity index (χ2n) is 6.62. The van der Waals surface area contributed by atoms with Gasteiger partial charge in [-0.3, -0.25) is 4.79 Å². The van der Waals surface area contributed by atoms with E-state index in [9.17, 15) is 9.59 Å². The zero-order valence-corrected chi connectivity index (χ0v) is 13.1. The maximum Gasteiger partial charge on any atom is 0.334 e. The van der Waals surface area contributed by atoms with Gasteiger partial charge in [0.1, 0.15) is 12.7 Å². The molecule has 0 aromatic carbocycles. The summed E-state index contributed by atoms with van der Waals surface area (Å²) in [6.45, 7) is 7.64. The third-order valence-corrected chi connectivity index (χ3v) is 4.92. The Kier molecular flexibility index (Phi) is 3.85. The van der Waals surface area contributed by atoms with Crippen LogP contribution in [-0.2, 0) is 23.8 Å². The second-order valence-corrected chi connectivity index (χ2v) is 6.62. The first-order valence-corrected chi connectivity index (χ1v) is 7.78. The van der Waals surface area contributed by atoms with Crippen LogP contribution >= 0.6 is 0 Å². The van der Waals surface area contributed by atoms with Gasteiger partial charge in [0.25, 0.3) is 0 Å². The molecule has 0 N–H and O–H groups in total. The number of carbonyl (C=O) groups is 2. The summed E-state index contributed by atoms with van der Waals surface area (Å²) in [7, 11) is 0. The number of ether oxygens (including phenoxy) is 3. The van der Waals surface area contributed by atoms with Crippen LogP contribution in [0.3, 0.4) is 0 Å². The molecule has 0 bridgehead atoms. The molecule has 2 heterocycles. The van der Waals surface area contributed by atoms with Crippen molar-refractivity contribution in [3.63, 3.8) is 0 Å². The summed E-state index contributed by atoms with van der Waals surface area (Å²) >= 11 is 0. The SMILES string of the molecule is C=C1C(=O)OC2CC(COC(C)=O)=CCCC3(C)OC3CC12. The molecule has 3 aliphatic rings. The minimum Gasteiger partial charge on any atom is -0.461 e. The highest BCUT2D eigenvalue weighted by Gasteiger charge is 2.54. The van der Waals surface area contributed by atoms with Crippen LogP contribution in [0.1, 0.15) is 39.5 Å². The fourth-order valence-electron chi connectivity index (χ4n) is 3.40. The molecule has 4 unspecified atom stereocenters. The van der Waals surface area contributed by atoms with E-state index in [0.29, 0.717) is 12.0 Å². The van der Waals surface area contributed by atoms with Gasteiger partial charge in [-0.1, -0.05) is 12.7 Å². The van der Waals surface area contributed by atoms with Gasteiger partial charge in [-0.15, -0.1) is 0 Å². The number of epoxide rings is 1. The van der Waals surface area contributed by atoms with Crippen molar-refractivity contribution >= 4 is 11.9 Å². The molecule has 3 rings (SSSR count). The third-order valence-electron chi connectivity index (χ3n) is 4.92. The van der Waals surface area contributed by atoms with E-state index < -0.39 is 0 Å². The van der Waals surface area contributed by atoms with E-state index in [1.165, 1.54) is 6.92 Å². The highest BCUT2D eigenvalue weighted by molar-refractivity contribution is 5.90. The predicted molar refractivity (Wildman–Crippen MR) is 79.0 cm³/mol. The Morgan fingerprint density at radius 1 is 1.55 bits per heavy atom. The summed E-state index contributed by atoms with van der Waals surface area (Å²) in [5.41, 5.74) is 1.42. The Hall–Kier alpha value is -1.62. The summed E-state index contributed by atoms with van der Waals surface area (Å²) in [5, 5.41) is 0. The average Bonchev–Trinajstić information content (AvgIpc) is 3.02. The van der Waals surface area contributed by atoms with Crippen LogP contribution in [0.25, 0.3) is 0 Å². The first-order valence-electron chi connectivity index (χ1n) is 7.78. The lowest BCUT2D eigenvalue weighted by Crippen LogP contribution is -2.23. The van der Waals surface area contributed by atoms with Crippen LogP contribution in [-0.4, -0.2) is 36.4 Å². The lowest BCUT2D eigenvalue weighted by Gasteiger charge is -2.20. The van der Waals surface area contributed by atoms with E-state index in [1.807, 2.05) is 0 Å². The van der Waals surface area contributed by atoms with Gasteiger partial charge in [0.2, 0.25) is 0 Å². The van der Waals surface area contributed by atoms with Crippen molar-refractivity contribution in [2.45, 2.75) is 57.3 Å². The quantitative estimate of drug-likeness (QED) is 0.339. The van der Waals surface area contributed by atoms with E-state index in [1.54, 1.807) is 0 Å². The first kappa shape index (κ1) is 15.3. The highest BCUT2D eigenvalue weighted by atomic mass is 16.6.